The van der Waals surface area contributed by atoms with Crippen LogP contribution in [0.25, 0.3) is 11.3 Å². The zero-order valence-electron chi connectivity index (χ0n) is 16.6. The van der Waals surface area contributed by atoms with E-state index in [2.05, 4.69) is 10.3 Å². The Morgan fingerprint density at radius 1 is 1.17 bits per heavy atom. The molecule has 1 amide bonds. The summed E-state index contributed by atoms with van der Waals surface area (Å²) in [5.41, 5.74) is 2.11. The Morgan fingerprint density at radius 2 is 1.97 bits per heavy atom. The first kappa shape index (κ1) is 21.8. The molecule has 2 aromatic carbocycles. The summed E-state index contributed by atoms with van der Waals surface area (Å²) >= 11 is 7.54. The average molecular weight is 445 g/mol. The molecule has 1 aromatic heterocycles. The standard InChI is InChI=1S/C22H21ClN2O4S/c1-14(26)15-9-10-19(20(12-15)28-2)29-11-5-8-21(27)25-22-24-18(13-30-22)16-6-3-4-7-17(16)23/h3-4,6-7,9-10,12-13H,5,8,11H2,1-2H3,(H,24,25,27). The van der Waals surface area contributed by atoms with Gasteiger partial charge in [-0.2, -0.15) is 0 Å². The lowest BCUT2D eigenvalue weighted by Gasteiger charge is -2.11. The van der Waals surface area contributed by atoms with Crippen LogP contribution in [0.4, 0.5) is 5.13 Å². The highest BCUT2D eigenvalue weighted by Gasteiger charge is 2.11. The van der Waals surface area contributed by atoms with E-state index in [1.165, 1.54) is 25.4 Å². The van der Waals surface area contributed by atoms with Crippen molar-refractivity contribution < 1.29 is 19.1 Å². The van der Waals surface area contributed by atoms with E-state index in [1.54, 1.807) is 24.3 Å². The molecule has 8 heteroatoms. The molecule has 0 atom stereocenters. The molecule has 1 heterocycles. The van der Waals surface area contributed by atoms with E-state index >= 15 is 0 Å². The van der Waals surface area contributed by atoms with Gasteiger partial charge in [-0.15, -0.1) is 11.3 Å². The number of ketones is 1. The topological polar surface area (TPSA) is 77.5 Å². The number of anilines is 1. The minimum absolute atomic E-state index is 0.0450. The number of carbonyl (C=O) groups is 2. The molecule has 0 aliphatic rings. The van der Waals surface area contributed by atoms with Gasteiger partial charge in [-0.05, 0) is 37.6 Å². The van der Waals surface area contributed by atoms with Crippen molar-refractivity contribution in [2.75, 3.05) is 19.0 Å². The van der Waals surface area contributed by atoms with Crippen LogP contribution in [-0.4, -0.2) is 30.4 Å². The number of aromatic nitrogens is 1. The molecule has 0 saturated carbocycles. The fraction of sp³-hybridized carbons (Fsp3) is 0.227. The summed E-state index contributed by atoms with van der Waals surface area (Å²) in [5, 5.41) is 5.80. The summed E-state index contributed by atoms with van der Waals surface area (Å²) < 4.78 is 11.0. The predicted octanol–water partition coefficient (Wildman–Crippen LogP) is 5.47. The van der Waals surface area contributed by atoms with Crippen molar-refractivity contribution in [1.29, 1.82) is 0 Å². The zero-order chi connectivity index (χ0) is 21.5. The molecule has 30 heavy (non-hydrogen) atoms. The van der Waals surface area contributed by atoms with E-state index in [0.29, 0.717) is 40.2 Å². The number of Topliss-reactive ketones (excluding diaryl/α,β-unsaturated/α-hetero) is 1. The second-order valence-corrected chi connectivity index (χ2v) is 7.71. The molecule has 0 unspecified atom stereocenters. The molecule has 0 bridgehead atoms. The van der Waals surface area contributed by atoms with Crippen molar-refractivity contribution >= 4 is 39.8 Å². The van der Waals surface area contributed by atoms with Crippen molar-refractivity contribution in [3.8, 4) is 22.8 Å². The summed E-state index contributed by atoms with van der Waals surface area (Å²) in [5.74, 6) is 0.836. The number of carbonyl (C=O) groups excluding carboxylic acids is 2. The maximum atomic E-state index is 12.2. The number of methoxy groups -OCH3 is 1. The van der Waals surface area contributed by atoms with Crippen molar-refractivity contribution in [1.82, 2.24) is 4.98 Å². The van der Waals surface area contributed by atoms with Crippen molar-refractivity contribution in [2.45, 2.75) is 19.8 Å². The first-order valence-electron chi connectivity index (χ1n) is 9.30. The molecule has 3 rings (SSSR count). The molecule has 3 aromatic rings. The van der Waals surface area contributed by atoms with Crippen LogP contribution in [0.2, 0.25) is 5.02 Å². The van der Waals surface area contributed by atoms with Gasteiger partial charge in [-0.25, -0.2) is 4.98 Å². The number of amides is 1. The van der Waals surface area contributed by atoms with Crippen LogP contribution in [-0.2, 0) is 4.79 Å². The molecule has 0 aliphatic heterocycles. The molecule has 1 N–H and O–H groups in total. The van der Waals surface area contributed by atoms with Crippen LogP contribution in [0.1, 0.15) is 30.1 Å². The monoisotopic (exact) mass is 444 g/mol. The molecular weight excluding hydrogens is 424 g/mol. The van der Waals surface area contributed by atoms with Gasteiger partial charge in [0.25, 0.3) is 0 Å². The van der Waals surface area contributed by atoms with Crippen LogP contribution < -0.4 is 14.8 Å². The van der Waals surface area contributed by atoms with Gasteiger partial charge in [0.05, 0.1) is 19.4 Å². The lowest BCUT2D eigenvalue weighted by Crippen LogP contribution is -2.12. The minimum Gasteiger partial charge on any atom is -0.493 e. The maximum absolute atomic E-state index is 12.2. The van der Waals surface area contributed by atoms with E-state index in [9.17, 15) is 9.59 Å². The molecule has 6 nitrogen and oxygen atoms in total. The number of nitrogens with one attached hydrogen (secondary N) is 1. The van der Waals surface area contributed by atoms with E-state index < -0.39 is 0 Å². The Balaban J connectivity index is 1.48. The first-order chi connectivity index (χ1) is 14.5. The van der Waals surface area contributed by atoms with Crippen molar-refractivity contribution in [3.05, 3.63) is 58.4 Å². The molecular formula is C22H21ClN2O4S. The quantitative estimate of drug-likeness (QED) is 0.349. The lowest BCUT2D eigenvalue weighted by molar-refractivity contribution is -0.116. The Labute approximate surface area is 183 Å². The summed E-state index contributed by atoms with van der Waals surface area (Å²) in [6.07, 6.45) is 0.807. The Bertz CT molecular complexity index is 1050. The Hall–Kier alpha value is -2.90. The van der Waals surface area contributed by atoms with Gasteiger partial charge in [0.2, 0.25) is 5.91 Å². The van der Waals surface area contributed by atoms with Gasteiger partial charge in [-0.3, -0.25) is 9.59 Å². The van der Waals surface area contributed by atoms with Crippen LogP contribution in [0.5, 0.6) is 11.5 Å². The number of ether oxygens (including phenoxy) is 2. The number of nitrogens with zero attached hydrogens (tertiary/aromatic N) is 1. The second-order valence-electron chi connectivity index (χ2n) is 6.44. The van der Waals surface area contributed by atoms with Gasteiger partial charge >= 0.3 is 0 Å². The molecule has 0 fully saturated rings. The largest absolute Gasteiger partial charge is 0.493 e. The van der Waals surface area contributed by atoms with E-state index in [4.69, 9.17) is 21.1 Å². The highest BCUT2D eigenvalue weighted by atomic mass is 35.5. The molecule has 0 spiro atoms. The number of thiazole rings is 1. The van der Waals surface area contributed by atoms with Gasteiger partial charge in [0.15, 0.2) is 22.4 Å². The number of halogens is 1. The van der Waals surface area contributed by atoms with Crippen molar-refractivity contribution in [3.63, 3.8) is 0 Å². The number of benzene rings is 2. The van der Waals surface area contributed by atoms with Crippen LogP contribution >= 0.6 is 22.9 Å². The molecule has 0 aliphatic carbocycles. The normalized spacial score (nSPS) is 10.5. The van der Waals surface area contributed by atoms with Crippen LogP contribution in [0.15, 0.2) is 47.8 Å². The number of hydrogen-bond acceptors (Lipinski definition) is 6. The van der Waals surface area contributed by atoms with Gasteiger partial charge < -0.3 is 14.8 Å². The molecule has 0 radical (unpaired) electrons. The third kappa shape index (κ3) is 5.58. The summed E-state index contributed by atoms with van der Waals surface area (Å²) in [6, 6.07) is 12.5. The third-order valence-corrected chi connectivity index (χ3v) is 5.36. The van der Waals surface area contributed by atoms with Gasteiger partial charge in [-0.1, -0.05) is 29.8 Å². The van der Waals surface area contributed by atoms with E-state index in [0.717, 1.165) is 11.3 Å². The summed E-state index contributed by atoms with van der Waals surface area (Å²) in [6.45, 7) is 1.83. The maximum Gasteiger partial charge on any atom is 0.226 e. The highest BCUT2D eigenvalue weighted by Crippen LogP contribution is 2.30. The number of rotatable bonds is 9. The van der Waals surface area contributed by atoms with Crippen LogP contribution in [0, 0.1) is 0 Å². The SMILES string of the molecule is COc1cc(C(C)=O)ccc1OCCCC(=O)Nc1nc(-c2ccccc2Cl)cs1. The average Bonchev–Trinajstić information content (AvgIpc) is 3.19. The van der Waals surface area contributed by atoms with Crippen LogP contribution in [0.3, 0.4) is 0 Å². The summed E-state index contributed by atoms with van der Waals surface area (Å²) in [7, 11) is 1.52. The molecule has 156 valence electrons. The number of hydrogen-bond donors (Lipinski definition) is 1. The molecule has 0 saturated heterocycles. The van der Waals surface area contributed by atoms with E-state index in [-0.39, 0.29) is 18.1 Å². The van der Waals surface area contributed by atoms with E-state index in [1.807, 2.05) is 23.6 Å². The predicted molar refractivity (Wildman–Crippen MR) is 119 cm³/mol. The second kappa shape index (κ2) is 10.2. The smallest absolute Gasteiger partial charge is 0.226 e. The Kier molecular flexibility index (Phi) is 7.43. The highest BCUT2D eigenvalue weighted by molar-refractivity contribution is 7.14. The fourth-order valence-electron chi connectivity index (χ4n) is 2.73. The third-order valence-electron chi connectivity index (χ3n) is 4.28. The van der Waals surface area contributed by atoms with Crippen molar-refractivity contribution in [2.24, 2.45) is 0 Å². The van der Waals surface area contributed by atoms with Gasteiger partial charge in [0, 0.05) is 28.0 Å². The summed E-state index contributed by atoms with van der Waals surface area (Å²) in [4.78, 5) is 28.1. The first-order valence-corrected chi connectivity index (χ1v) is 10.6. The van der Waals surface area contributed by atoms with Gasteiger partial charge in [0.1, 0.15) is 0 Å². The minimum atomic E-state index is -0.141. The lowest BCUT2D eigenvalue weighted by atomic mass is 10.1. The Morgan fingerprint density at radius 3 is 2.70 bits per heavy atom. The fourth-order valence-corrected chi connectivity index (χ4v) is 3.69. The zero-order valence-corrected chi connectivity index (χ0v) is 18.2.